The van der Waals surface area contributed by atoms with Crippen molar-refractivity contribution in [3.8, 4) is 0 Å². The summed E-state index contributed by atoms with van der Waals surface area (Å²) < 4.78 is 37.9. The summed E-state index contributed by atoms with van der Waals surface area (Å²) in [6, 6.07) is 7.58. The lowest BCUT2D eigenvalue weighted by Crippen LogP contribution is -2.25. The molecule has 3 rings (SSSR count). The van der Waals surface area contributed by atoms with Crippen LogP contribution in [0.25, 0.3) is 4.96 Å². The average molecular weight is 410 g/mol. The Hall–Kier alpha value is -2.26. The van der Waals surface area contributed by atoms with Gasteiger partial charge in [0.05, 0.1) is 23.7 Å². The van der Waals surface area contributed by atoms with Crippen LogP contribution in [0.15, 0.2) is 35.1 Å². The Balaban J connectivity index is 1.99. The molecule has 0 spiro atoms. The Bertz CT molecular complexity index is 1140. The number of aromatic nitrogens is 2. The average Bonchev–Trinajstić information content (AvgIpc) is 2.88. The lowest BCUT2D eigenvalue weighted by molar-refractivity contribution is 0.600. The molecule has 0 saturated heterocycles. The maximum absolute atomic E-state index is 13.1. The van der Waals surface area contributed by atoms with E-state index in [1.54, 1.807) is 19.1 Å². The number of halogens is 1. The zero-order valence-corrected chi connectivity index (χ0v) is 16.9. The first-order valence-electron chi connectivity index (χ1n) is 8.37. The Kier molecular flexibility index (Phi) is 5.34. The van der Waals surface area contributed by atoms with Crippen LogP contribution in [-0.2, 0) is 22.1 Å². The molecular formula is C18H20FN3O3S2. The largest absolute Gasteiger partial charge is 0.366 e. The zero-order valence-electron chi connectivity index (χ0n) is 15.3. The van der Waals surface area contributed by atoms with Crippen molar-refractivity contribution < 1.29 is 12.8 Å². The van der Waals surface area contributed by atoms with Crippen molar-refractivity contribution in [2.24, 2.45) is 0 Å². The summed E-state index contributed by atoms with van der Waals surface area (Å²) in [5.74, 6) is -0.503. The van der Waals surface area contributed by atoms with Gasteiger partial charge in [-0.05, 0) is 38.1 Å². The number of sulfone groups is 1. The second kappa shape index (κ2) is 7.40. The standard InChI is InChI=1S/C18H20FN3O3S2/c1-4-21(15-7-5-13(19)6-8-15)10-14-9-17(23)22-16(11-27(3,24)25)12(2)26-18(22)20-14/h5-9H,4,10-11H2,1-3H3. The lowest BCUT2D eigenvalue weighted by atomic mass is 10.2. The molecule has 0 fully saturated rings. The molecule has 0 atom stereocenters. The highest BCUT2D eigenvalue weighted by molar-refractivity contribution is 7.89. The van der Waals surface area contributed by atoms with Crippen LogP contribution in [0, 0.1) is 12.7 Å². The minimum absolute atomic E-state index is 0.198. The topological polar surface area (TPSA) is 71.8 Å². The molecule has 0 unspecified atom stereocenters. The lowest BCUT2D eigenvalue weighted by Gasteiger charge is -2.22. The van der Waals surface area contributed by atoms with Gasteiger partial charge >= 0.3 is 0 Å². The number of fused-ring (bicyclic) bond motifs is 1. The first-order valence-corrected chi connectivity index (χ1v) is 11.2. The van der Waals surface area contributed by atoms with E-state index >= 15 is 0 Å². The molecule has 9 heteroatoms. The number of hydrogen-bond acceptors (Lipinski definition) is 6. The number of benzene rings is 1. The predicted octanol–water partition coefficient (Wildman–Crippen LogP) is 2.77. The fourth-order valence-electron chi connectivity index (χ4n) is 2.91. The van der Waals surface area contributed by atoms with Gasteiger partial charge in [0.2, 0.25) is 0 Å². The number of thiazole rings is 1. The molecule has 0 aliphatic carbocycles. The zero-order chi connectivity index (χ0) is 19.8. The van der Waals surface area contributed by atoms with Gasteiger partial charge in [-0.25, -0.2) is 17.8 Å². The molecule has 144 valence electrons. The molecule has 2 heterocycles. The van der Waals surface area contributed by atoms with E-state index < -0.39 is 9.84 Å². The third kappa shape index (κ3) is 4.36. The third-order valence-electron chi connectivity index (χ3n) is 4.19. The van der Waals surface area contributed by atoms with Gasteiger partial charge in [0.25, 0.3) is 5.56 Å². The Morgan fingerprint density at radius 3 is 2.52 bits per heavy atom. The van der Waals surface area contributed by atoms with Gasteiger partial charge in [-0.2, -0.15) is 0 Å². The third-order valence-corrected chi connectivity index (χ3v) is 5.98. The summed E-state index contributed by atoms with van der Waals surface area (Å²) in [5, 5.41) is 0. The minimum atomic E-state index is -3.27. The molecule has 3 aromatic rings. The molecule has 1 aromatic carbocycles. The fraction of sp³-hybridized carbons (Fsp3) is 0.333. The molecule has 0 bridgehead atoms. The van der Waals surface area contributed by atoms with Crippen LogP contribution in [0.5, 0.6) is 0 Å². The highest BCUT2D eigenvalue weighted by Crippen LogP contribution is 2.22. The van der Waals surface area contributed by atoms with Crippen LogP contribution >= 0.6 is 11.3 Å². The van der Waals surface area contributed by atoms with Crippen molar-refractivity contribution in [1.29, 1.82) is 0 Å². The van der Waals surface area contributed by atoms with E-state index in [1.165, 1.54) is 33.9 Å². The van der Waals surface area contributed by atoms with E-state index in [-0.39, 0.29) is 17.1 Å². The Morgan fingerprint density at radius 1 is 1.26 bits per heavy atom. The van der Waals surface area contributed by atoms with Crippen molar-refractivity contribution in [1.82, 2.24) is 9.38 Å². The number of nitrogens with zero attached hydrogens (tertiary/aromatic N) is 3. The summed E-state index contributed by atoms with van der Waals surface area (Å²) in [6.07, 6.45) is 1.14. The minimum Gasteiger partial charge on any atom is -0.366 e. The SMILES string of the molecule is CCN(Cc1cc(=O)n2c(CS(C)(=O)=O)c(C)sc2n1)c1ccc(F)cc1. The normalized spacial score (nSPS) is 11.9. The smallest absolute Gasteiger partial charge is 0.259 e. The van der Waals surface area contributed by atoms with Crippen molar-refractivity contribution in [3.05, 3.63) is 62.8 Å². The van der Waals surface area contributed by atoms with Crippen molar-refractivity contribution in [3.63, 3.8) is 0 Å². The van der Waals surface area contributed by atoms with E-state index in [0.717, 1.165) is 16.8 Å². The van der Waals surface area contributed by atoms with Gasteiger partial charge in [0.15, 0.2) is 14.8 Å². The Morgan fingerprint density at radius 2 is 1.93 bits per heavy atom. The van der Waals surface area contributed by atoms with E-state index in [0.29, 0.717) is 29.4 Å². The quantitative estimate of drug-likeness (QED) is 0.626. The highest BCUT2D eigenvalue weighted by Gasteiger charge is 2.18. The monoisotopic (exact) mass is 409 g/mol. The number of aryl methyl sites for hydroxylation is 1. The van der Waals surface area contributed by atoms with Crippen molar-refractivity contribution >= 4 is 31.8 Å². The fourth-order valence-corrected chi connectivity index (χ4v) is 4.85. The van der Waals surface area contributed by atoms with Gasteiger partial charge in [-0.15, -0.1) is 11.3 Å². The summed E-state index contributed by atoms with van der Waals surface area (Å²) >= 11 is 1.30. The number of rotatable bonds is 6. The molecule has 2 aromatic heterocycles. The van der Waals surface area contributed by atoms with Gasteiger partial charge in [0.1, 0.15) is 5.82 Å². The van der Waals surface area contributed by atoms with Crippen LogP contribution in [-0.4, -0.2) is 30.6 Å². The molecule has 0 radical (unpaired) electrons. The Labute approximate surface area is 160 Å². The van der Waals surface area contributed by atoms with Crippen molar-refractivity contribution in [2.75, 3.05) is 17.7 Å². The van der Waals surface area contributed by atoms with Gasteiger partial charge in [-0.3, -0.25) is 9.20 Å². The second-order valence-electron chi connectivity index (χ2n) is 6.37. The van der Waals surface area contributed by atoms with E-state index in [4.69, 9.17) is 0 Å². The van der Waals surface area contributed by atoms with Gasteiger partial charge < -0.3 is 4.90 Å². The summed E-state index contributed by atoms with van der Waals surface area (Å²) in [6.45, 7) is 4.81. The summed E-state index contributed by atoms with van der Waals surface area (Å²) in [4.78, 5) is 20.4. The van der Waals surface area contributed by atoms with Crippen LogP contribution in [0.3, 0.4) is 0 Å². The molecule has 0 aliphatic heterocycles. The summed E-state index contributed by atoms with van der Waals surface area (Å²) in [5.41, 5.74) is 1.58. The first-order chi connectivity index (χ1) is 12.7. The van der Waals surface area contributed by atoms with E-state index in [1.807, 2.05) is 11.8 Å². The van der Waals surface area contributed by atoms with Gasteiger partial charge in [0, 0.05) is 29.4 Å². The molecule has 0 amide bonds. The van der Waals surface area contributed by atoms with Crippen LogP contribution < -0.4 is 10.5 Å². The van der Waals surface area contributed by atoms with Crippen LogP contribution in [0.4, 0.5) is 10.1 Å². The van der Waals surface area contributed by atoms with Gasteiger partial charge in [-0.1, -0.05) is 0 Å². The van der Waals surface area contributed by atoms with E-state index in [9.17, 15) is 17.6 Å². The van der Waals surface area contributed by atoms with Crippen molar-refractivity contribution in [2.45, 2.75) is 26.1 Å². The van der Waals surface area contributed by atoms with Crippen LogP contribution in [0.2, 0.25) is 0 Å². The molecule has 27 heavy (non-hydrogen) atoms. The number of anilines is 1. The van der Waals surface area contributed by atoms with Crippen LogP contribution in [0.1, 0.15) is 23.2 Å². The molecule has 0 saturated carbocycles. The number of hydrogen-bond donors (Lipinski definition) is 0. The predicted molar refractivity (Wildman–Crippen MR) is 106 cm³/mol. The maximum atomic E-state index is 13.1. The first kappa shape index (κ1) is 19.5. The van der Waals surface area contributed by atoms with E-state index in [2.05, 4.69) is 4.98 Å². The molecule has 6 nitrogen and oxygen atoms in total. The second-order valence-corrected chi connectivity index (χ2v) is 9.69. The molecule has 0 aliphatic rings. The maximum Gasteiger partial charge on any atom is 0.259 e. The summed E-state index contributed by atoms with van der Waals surface area (Å²) in [7, 11) is -3.27. The molecule has 0 N–H and O–H groups in total. The highest BCUT2D eigenvalue weighted by atomic mass is 32.2. The molecular weight excluding hydrogens is 389 g/mol.